The molecule has 1 aromatic heterocycles. The van der Waals surface area contributed by atoms with Gasteiger partial charge in [-0.2, -0.15) is 4.98 Å². The fraction of sp³-hybridized carbons (Fsp3) is 0.312. The SMILES string of the molecule is Cc1ccn([C@@H]2CO[C@H](COC(=O)c3ccc(Cl)c(Cl)c3)O2)c(=O)n1. The first kappa shape index (κ1) is 17.9. The van der Waals surface area contributed by atoms with Crippen molar-refractivity contribution in [1.29, 1.82) is 0 Å². The van der Waals surface area contributed by atoms with Gasteiger partial charge in [-0.1, -0.05) is 23.2 Å². The second-order valence-electron chi connectivity index (χ2n) is 5.34. The van der Waals surface area contributed by atoms with E-state index in [1.807, 2.05) is 0 Å². The Morgan fingerprint density at radius 1 is 1.36 bits per heavy atom. The summed E-state index contributed by atoms with van der Waals surface area (Å²) in [7, 11) is 0. The van der Waals surface area contributed by atoms with Gasteiger partial charge >= 0.3 is 11.7 Å². The summed E-state index contributed by atoms with van der Waals surface area (Å²) in [5.41, 5.74) is 0.456. The standard InChI is InChI=1S/C16H14Cl2N2O5/c1-9-4-5-20(16(22)19-9)13-7-23-14(25-13)8-24-15(21)10-2-3-11(17)12(18)6-10/h2-6,13-14H,7-8H2,1H3/t13-,14-/m0/s1. The van der Waals surface area contributed by atoms with E-state index in [1.54, 1.807) is 19.2 Å². The number of benzene rings is 1. The molecule has 2 heterocycles. The van der Waals surface area contributed by atoms with Crippen LogP contribution in [0.25, 0.3) is 0 Å². The Hall–Kier alpha value is -1.93. The molecule has 1 fully saturated rings. The first-order valence-corrected chi connectivity index (χ1v) is 8.14. The van der Waals surface area contributed by atoms with Gasteiger partial charge in [0.25, 0.3) is 0 Å². The molecule has 0 bridgehead atoms. The number of nitrogens with zero attached hydrogens (tertiary/aromatic N) is 2. The van der Waals surface area contributed by atoms with Gasteiger partial charge in [-0.3, -0.25) is 4.57 Å². The molecule has 0 amide bonds. The maximum Gasteiger partial charge on any atom is 0.349 e. The lowest BCUT2D eigenvalue weighted by Crippen LogP contribution is -2.28. The lowest BCUT2D eigenvalue weighted by atomic mass is 10.2. The van der Waals surface area contributed by atoms with E-state index in [0.717, 1.165) is 0 Å². The number of hydrogen-bond donors (Lipinski definition) is 0. The van der Waals surface area contributed by atoms with Gasteiger partial charge in [0, 0.05) is 11.9 Å². The van der Waals surface area contributed by atoms with Gasteiger partial charge in [-0.25, -0.2) is 9.59 Å². The lowest BCUT2D eigenvalue weighted by Gasteiger charge is -2.13. The molecule has 1 aliphatic heterocycles. The van der Waals surface area contributed by atoms with Gasteiger partial charge in [0.1, 0.15) is 6.61 Å². The van der Waals surface area contributed by atoms with Crippen LogP contribution < -0.4 is 5.69 Å². The third kappa shape index (κ3) is 4.19. The predicted molar refractivity (Wildman–Crippen MR) is 89.8 cm³/mol. The summed E-state index contributed by atoms with van der Waals surface area (Å²) < 4.78 is 17.4. The highest BCUT2D eigenvalue weighted by Gasteiger charge is 2.29. The molecule has 2 aromatic rings. The van der Waals surface area contributed by atoms with Crippen LogP contribution in [0.2, 0.25) is 10.0 Å². The summed E-state index contributed by atoms with van der Waals surface area (Å²) >= 11 is 11.7. The molecular formula is C16H14Cl2N2O5. The number of ether oxygens (including phenoxy) is 3. The molecule has 1 aromatic carbocycles. The summed E-state index contributed by atoms with van der Waals surface area (Å²) in [6.45, 7) is 1.76. The molecule has 0 unspecified atom stereocenters. The zero-order chi connectivity index (χ0) is 18.0. The van der Waals surface area contributed by atoms with Crippen molar-refractivity contribution >= 4 is 29.2 Å². The largest absolute Gasteiger partial charge is 0.457 e. The van der Waals surface area contributed by atoms with E-state index in [9.17, 15) is 9.59 Å². The number of esters is 1. The van der Waals surface area contributed by atoms with Crippen molar-refractivity contribution in [2.24, 2.45) is 0 Å². The molecule has 1 aliphatic rings. The summed E-state index contributed by atoms with van der Waals surface area (Å²) in [5, 5.41) is 0.608. The average Bonchev–Trinajstić information content (AvgIpc) is 3.04. The molecule has 2 atom stereocenters. The first-order valence-electron chi connectivity index (χ1n) is 7.39. The van der Waals surface area contributed by atoms with Crippen molar-refractivity contribution in [3.63, 3.8) is 0 Å². The Morgan fingerprint density at radius 2 is 2.16 bits per heavy atom. The average molecular weight is 385 g/mol. The van der Waals surface area contributed by atoms with E-state index < -0.39 is 24.2 Å². The van der Waals surface area contributed by atoms with Gasteiger partial charge in [0.05, 0.1) is 22.2 Å². The minimum Gasteiger partial charge on any atom is -0.457 e. The van der Waals surface area contributed by atoms with Gasteiger partial charge in [0.15, 0.2) is 12.5 Å². The molecule has 0 spiro atoms. The number of halogens is 2. The van der Waals surface area contributed by atoms with Gasteiger partial charge in [-0.15, -0.1) is 0 Å². The number of aryl methyl sites for hydroxylation is 1. The van der Waals surface area contributed by atoms with Crippen LogP contribution in [-0.4, -0.2) is 35.0 Å². The quantitative estimate of drug-likeness (QED) is 0.753. The van der Waals surface area contributed by atoms with Crippen LogP contribution >= 0.6 is 23.2 Å². The lowest BCUT2D eigenvalue weighted by molar-refractivity contribution is -0.103. The molecule has 0 aliphatic carbocycles. The molecule has 0 radical (unpaired) electrons. The first-order chi connectivity index (χ1) is 11.9. The molecule has 25 heavy (non-hydrogen) atoms. The maximum absolute atomic E-state index is 12.0. The van der Waals surface area contributed by atoms with E-state index >= 15 is 0 Å². The number of rotatable bonds is 4. The van der Waals surface area contributed by atoms with Crippen molar-refractivity contribution in [2.45, 2.75) is 19.4 Å². The van der Waals surface area contributed by atoms with Crippen molar-refractivity contribution in [2.75, 3.05) is 13.2 Å². The van der Waals surface area contributed by atoms with E-state index in [-0.39, 0.29) is 23.8 Å². The zero-order valence-electron chi connectivity index (χ0n) is 13.1. The van der Waals surface area contributed by atoms with Crippen molar-refractivity contribution in [1.82, 2.24) is 9.55 Å². The minimum absolute atomic E-state index is 0.121. The Labute approximate surface area is 153 Å². The van der Waals surface area contributed by atoms with Crippen LogP contribution in [0.1, 0.15) is 22.3 Å². The fourth-order valence-corrected chi connectivity index (χ4v) is 2.54. The summed E-state index contributed by atoms with van der Waals surface area (Å²) in [6.07, 6.45) is 0.196. The molecular weight excluding hydrogens is 371 g/mol. The molecule has 0 saturated carbocycles. The zero-order valence-corrected chi connectivity index (χ0v) is 14.7. The summed E-state index contributed by atoms with van der Waals surface area (Å²) in [6, 6.07) is 6.13. The van der Waals surface area contributed by atoms with E-state index in [0.29, 0.717) is 10.7 Å². The molecule has 9 heteroatoms. The highest BCUT2D eigenvalue weighted by atomic mass is 35.5. The number of hydrogen-bond acceptors (Lipinski definition) is 6. The monoisotopic (exact) mass is 384 g/mol. The van der Waals surface area contributed by atoms with E-state index in [2.05, 4.69) is 4.98 Å². The van der Waals surface area contributed by atoms with Crippen LogP contribution in [0.4, 0.5) is 0 Å². The van der Waals surface area contributed by atoms with E-state index in [4.69, 9.17) is 37.4 Å². The molecule has 1 saturated heterocycles. The van der Waals surface area contributed by atoms with Gasteiger partial charge in [-0.05, 0) is 31.2 Å². The predicted octanol–water partition coefficient (Wildman–Crippen LogP) is 2.59. The van der Waals surface area contributed by atoms with Crippen molar-refractivity contribution in [3.8, 4) is 0 Å². The Bertz CT molecular complexity index is 855. The Morgan fingerprint density at radius 3 is 2.88 bits per heavy atom. The number of carbonyl (C=O) groups excluding carboxylic acids is 1. The smallest absolute Gasteiger partial charge is 0.349 e. The third-order valence-corrected chi connectivity index (χ3v) is 4.26. The molecule has 0 N–H and O–H groups in total. The fourth-order valence-electron chi connectivity index (χ4n) is 2.24. The molecule has 7 nitrogen and oxygen atoms in total. The maximum atomic E-state index is 12.0. The summed E-state index contributed by atoms with van der Waals surface area (Å²) in [4.78, 5) is 27.7. The normalized spacial score (nSPS) is 19.8. The topological polar surface area (TPSA) is 79.6 Å². The van der Waals surface area contributed by atoms with Crippen LogP contribution in [-0.2, 0) is 14.2 Å². The highest BCUT2D eigenvalue weighted by molar-refractivity contribution is 6.42. The Balaban J connectivity index is 1.57. The van der Waals surface area contributed by atoms with Gasteiger partial charge in [0.2, 0.25) is 0 Å². The highest BCUT2D eigenvalue weighted by Crippen LogP contribution is 2.23. The second kappa shape index (κ2) is 7.53. The summed E-state index contributed by atoms with van der Waals surface area (Å²) in [5.74, 6) is -0.580. The van der Waals surface area contributed by atoms with Crippen LogP contribution in [0.5, 0.6) is 0 Å². The van der Waals surface area contributed by atoms with Crippen LogP contribution in [0.3, 0.4) is 0 Å². The van der Waals surface area contributed by atoms with E-state index in [1.165, 1.54) is 22.8 Å². The Kier molecular flexibility index (Phi) is 5.39. The number of carbonyl (C=O) groups is 1. The number of aromatic nitrogens is 2. The van der Waals surface area contributed by atoms with Crippen molar-refractivity contribution in [3.05, 3.63) is 62.2 Å². The van der Waals surface area contributed by atoms with Crippen LogP contribution in [0.15, 0.2) is 35.3 Å². The van der Waals surface area contributed by atoms with Crippen LogP contribution in [0, 0.1) is 6.92 Å². The molecule has 3 rings (SSSR count). The second-order valence-corrected chi connectivity index (χ2v) is 6.15. The van der Waals surface area contributed by atoms with Crippen molar-refractivity contribution < 1.29 is 19.0 Å². The van der Waals surface area contributed by atoms with Gasteiger partial charge < -0.3 is 14.2 Å². The minimum atomic E-state index is -0.773. The third-order valence-electron chi connectivity index (χ3n) is 3.52. The molecule has 132 valence electrons.